The molecule has 1 saturated heterocycles. The number of rotatable bonds is 5. The topological polar surface area (TPSA) is 86.0 Å². The Bertz CT molecular complexity index is 978. The Morgan fingerprint density at radius 2 is 2.07 bits per heavy atom. The first kappa shape index (κ1) is 19.2. The molecular formula is C21H26N6O2. The monoisotopic (exact) mass is 394 g/mol. The van der Waals surface area contributed by atoms with Crippen molar-refractivity contribution in [1.82, 2.24) is 24.9 Å². The molecule has 0 aliphatic carbocycles. The van der Waals surface area contributed by atoms with Crippen molar-refractivity contribution in [1.29, 1.82) is 0 Å². The van der Waals surface area contributed by atoms with Crippen molar-refractivity contribution < 1.29 is 9.53 Å². The van der Waals surface area contributed by atoms with Crippen LogP contribution in [-0.2, 0) is 4.74 Å². The summed E-state index contributed by atoms with van der Waals surface area (Å²) < 4.78 is 9.56. The minimum Gasteiger partial charge on any atom is -0.371 e. The van der Waals surface area contributed by atoms with Gasteiger partial charge in [-0.15, -0.1) is 5.10 Å². The predicted octanol–water partition coefficient (Wildman–Crippen LogP) is 3.61. The summed E-state index contributed by atoms with van der Waals surface area (Å²) in [4.78, 5) is 12.6. The number of nitrogens with one attached hydrogen (secondary N) is 2. The Hall–Kier alpha value is -3.13. The lowest BCUT2D eigenvalue weighted by molar-refractivity contribution is 0.100. The van der Waals surface area contributed by atoms with Crippen LogP contribution in [0.15, 0.2) is 48.8 Å². The van der Waals surface area contributed by atoms with E-state index in [4.69, 9.17) is 4.74 Å². The molecule has 0 bridgehead atoms. The first-order valence-electron chi connectivity index (χ1n) is 9.86. The van der Waals surface area contributed by atoms with Gasteiger partial charge in [-0.1, -0.05) is 18.2 Å². The number of ether oxygens (including phenoxy) is 1. The predicted molar refractivity (Wildman–Crippen MR) is 110 cm³/mol. The summed E-state index contributed by atoms with van der Waals surface area (Å²) in [7, 11) is 0. The highest BCUT2D eigenvalue weighted by Crippen LogP contribution is 2.29. The maximum Gasteiger partial charge on any atom is 0.320 e. The zero-order chi connectivity index (χ0) is 20.4. The van der Waals surface area contributed by atoms with Crippen molar-refractivity contribution in [2.45, 2.75) is 45.4 Å². The normalized spacial score (nSPS) is 18.9. The second-order valence-electron chi connectivity index (χ2n) is 7.55. The molecule has 2 aromatic heterocycles. The van der Waals surface area contributed by atoms with Crippen LogP contribution in [0, 0.1) is 6.92 Å². The summed E-state index contributed by atoms with van der Waals surface area (Å²) in [6.07, 6.45) is 4.35. The van der Waals surface area contributed by atoms with E-state index < -0.39 is 0 Å². The Labute approximate surface area is 169 Å². The van der Waals surface area contributed by atoms with Crippen LogP contribution in [0.3, 0.4) is 0 Å². The van der Waals surface area contributed by atoms with Gasteiger partial charge in [-0.3, -0.25) is 10.00 Å². The van der Waals surface area contributed by atoms with Crippen LogP contribution in [-0.4, -0.2) is 38.2 Å². The number of aryl methyl sites for hydroxylation is 1. The van der Waals surface area contributed by atoms with E-state index in [1.807, 2.05) is 60.4 Å². The third-order valence-electron chi connectivity index (χ3n) is 5.02. The van der Waals surface area contributed by atoms with Crippen molar-refractivity contribution in [3.05, 3.63) is 60.0 Å². The van der Waals surface area contributed by atoms with E-state index in [1.54, 1.807) is 4.68 Å². The van der Waals surface area contributed by atoms with Crippen molar-refractivity contribution in [2.24, 2.45) is 0 Å². The van der Waals surface area contributed by atoms with Gasteiger partial charge in [-0.05, 0) is 39.3 Å². The average molecular weight is 394 g/mol. The van der Waals surface area contributed by atoms with Gasteiger partial charge >= 0.3 is 6.03 Å². The fourth-order valence-corrected chi connectivity index (χ4v) is 3.53. The van der Waals surface area contributed by atoms with Crippen molar-refractivity contribution in [2.75, 3.05) is 11.9 Å². The maximum atomic E-state index is 12.6. The lowest BCUT2D eigenvalue weighted by atomic mass is 10.1. The van der Waals surface area contributed by atoms with E-state index in [-0.39, 0.29) is 24.2 Å². The molecule has 1 fully saturated rings. The number of carbonyl (C=O) groups excluding carboxylic acids is 1. The molecule has 8 nitrogen and oxygen atoms in total. The van der Waals surface area contributed by atoms with E-state index in [0.29, 0.717) is 12.4 Å². The van der Waals surface area contributed by atoms with Gasteiger partial charge in [-0.2, -0.15) is 5.10 Å². The number of amides is 2. The SMILES string of the molecule is Cc1cc(NC(=O)N[C@@H]2CCO[C@H]2c2cnn(C(C)C)c2)nn1-c1ccccc1. The molecule has 1 aliphatic heterocycles. The molecule has 0 unspecified atom stereocenters. The van der Waals surface area contributed by atoms with Gasteiger partial charge in [0.25, 0.3) is 0 Å². The first-order valence-corrected chi connectivity index (χ1v) is 9.86. The number of urea groups is 1. The highest BCUT2D eigenvalue weighted by molar-refractivity contribution is 5.88. The van der Waals surface area contributed by atoms with E-state index in [9.17, 15) is 4.79 Å². The number of aromatic nitrogens is 4. The number of benzene rings is 1. The fourth-order valence-electron chi connectivity index (χ4n) is 3.53. The van der Waals surface area contributed by atoms with Gasteiger partial charge < -0.3 is 10.1 Å². The molecule has 2 atom stereocenters. The van der Waals surface area contributed by atoms with Crippen molar-refractivity contribution in [3.8, 4) is 5.69 Å². The van der Waals surface area contributed by atoms with E-state index in [2.05, 4.69) is 34.7 Å². The molecule has 8 heteroatoms. The van der Waals surface area contributed by atoms with Gasteiger partial charge in [0.05, 0.1) is 17.9 Å². The van der Waals surface area contributed by atoms with E-state index in [0.717, 1.165) is 23.4 Å². The summed E-state index contributed by atoms with van der Waals surface area (Å²) >= 11 is 0. The lowest BCUT2D eigenvalue weighted by Crippen LogP contribution is -2.39. The summed E-state index contributed by atoms with van der Waals surface area (Å²) in [5, 5.41) is 14.7. The number of hydrogen-bond acceptors (Lipinski definition) is 4. The van der Waals surface area contributed by atoms with Gasteiger partial charge in [0, 0.05) is 36.2 Å². The standard InChI is InChI=1S/C21H26N6O2/c1-14(2)26-13-16(12-22-26)20-18(9-10-29-20)23-21(28)24-19-11-15(3)27(25-19)17-7-5-4-6-8-17/h4-8,11-14,18,20H,9-10H2,1-3H3,(H2,23,24,25,28)/t18-,20+/m1/s1. The molecule has 3 heterocycles. The second-order valence-corrected chi connectivity index (χ2v) is 7.55. The number of anilines is 1. The third kappa shape index (κ3) is 4.17. The average Bonchev–Trinajstić information content (AvgIpc) is 3.42. The summed E-state index contributed by atoms with van der Waals surface area (Å²) in [6, 6.07) is 11.5. The van der Waals surface area contributed by atoms with Crippen LogP contribution in [0.1, 0.15) is 43.7 Å². The molecule has 152 valence electrons. The molecule has 1 aromatic carbocycles. The van der Waals surface area contributed by atoms with Gasteiger partial charge in [0.1, 0.15) is 6.10 Å². The fraction of sp³-hybridized carbons (Fsp3) is 0.381. The van der Waals surface area contributed by atoms with Gasteiger partial charge in [0.15, 0.2) is 5.82 Å². The number of nitrogens with zero attached hydrogens (tertiary/aromatic N) is 4. The van der Waals surface area contributed by atoms with Crippen molar-refractivity contribution >= 4 is 11.8 Å². The highest BCUT2D eigenvalue weighted by Gasteiger charge is 2.32. The van der Waals surface area contributed by atoms with E-state index >= 15 is 0 Å². The Morgan fingerprint density at radius 3 is 2.79 bits per heavy atom. The summed E-state index contributed by atoms with van der Waals surface area (Å²) in [5.41, 5.74) is 2.87. The zero-order valence-electron chi connectivity index (χ0n) is 16.9. The molecular weight excluding hydrogens is 368 g/mol. The number of hydrogen-bond donors (Lipinski definition) is 2. The molecule has 4 rings (SSSR count). The lowest BCUT2D eigenvalue weighted by Gasteiger charge is -2.18. The molecule has 2 amide bonds. The highest BCUT2D eigenvalue weighted by atomic mass is 16.5. The van der Waals surface area contributed by atoms with Crippen LogP contribution in [0.2, 0.25) is 0 Å². The Morgan fingerprint density at radius 1 is 1.28 bits per heavy atom. The maximum absolute atomic E-state index is 12.6. The molecule has 3 aromatic rings. The van der Waals surface area contributed by atoms with Gasteiger partial charge in [-0.25, -0.2) is 9.48 Å². The second kappa shape index (κ2) is 8.08. The minimum absolute atomic E-state index is 0.114. The molecule has 2 N–H and O–H groups in total. The minimum atomic E-state index is -0.292. The van der Waals surface area contributed by atoms with Crippen LogP contribution in [0.5, 0.6) is 0 Å². The van der Waals surface area contributed by atoms with Crippen LogP contribution >= 0.6 is 0 Å². The van der Waals surface area contributed by atoms with E-state index in [1.165, 1.54) is 0 Å². The third-order valence-corrected chi connectivity index (χ3v) is 5.02. The quantitative estimate of drug-likeness (QED) is 0.692. The number of para-hydroxylation sites is 1. The molecule has 0 saturated carbocycles. The Balaban J connectivity index is 1.41. The first-order chi connectivity index (χ1) is 14.0. The largest absolute Gasteiger partial charge is 0.371 e. The van der Waals surface area contributed by atoms with Crippen LogP contribution in [0.25, 0.3) is 5.69 Å². The van der Waals surface area contributed by atoms with Crippen LogP contribution in [0.4, 0.5) is 10.6 Å². The van der Waals surface area contributed by atoms with Gasteiger partial charge in [0.2, 0.25) is 0 Å². The zero-order valence-corrected chi connectivity index (χ0v) is 16.9. The molecule has 0 spiro atoms. The van der Waals surface area contributed by atoms with Crippen LogP contribution < -0.4 is 10.6 Å². The molecule has 0 radical (unpaired) electrons. The molecule has 1 aliphatic rings. The Kier molecular flexibility index (Phi) is 5.35. The number of carbonyl (C=O) groups is 1. The summed E-state index contributed by atoms with van der Waals surface area (Å²) in [5.74, 6) is 0.506. The smallest absolute Gasteiger partial charge is 0.320 e. The summed E-state index contributed by atoms with van der Waals surface area (Å²) in [6.45, 7) is 6.71. The molecule has 29 heavy (non-hydrogen) atoms. The van der Waals surface area contributed by atoms with Crippen molar-refractivity contribution in [3.63, 3.8) is 0 Å².